The third-order valence-corrected chi connectivity index (χ3v) is 13.5. The summed E-state index contributed by atoms with van der Waals surface area (Å²) in [7, 11) is 0. The molecule has 5 aliphatic rings. The number of carbonyl (C=O) groups excluding carboxylic acids is 5. The van der Waals surface area contributed by atoms with E-state index in [1.807, 2.05) is 33.8 Å². The van der Waals surface area contributed by atoms with Gasteiger partial charge in [0.25, 0.3) is 0 Å². The van der Waals surface area contributed by atoms with Gasteiger partial charge in [-0.1, -0.05) is 69.3 Å². The summed E-state index contributed by atoms with van der Waals surface area (Å²) in [5.41, 5.74) is -4.27. The zero-order valence-electron chi connectivity index (χ0n) is 34.3. The van der Waals surface area contributed by atoms with Gasteiger partial charge in [-0.25, -0.2) is 9.59 Å². The summed E-state index contributed by atoms with van der Waals surface area (Å²) in [4.78, 5) is 69.8. The van der Waals surface area contributed by atoms with Crippen LogP contribution in [0.4, 0.5) is 4.79 Å². The zero-order chi connectivity index (χ0) is 41.5. The molecule has 7 rings (SSSR count). The summed E-state index contributed by atoms with van der Waals surface area (Å²) in [6, 6.07) is 16.6. The molecule has 2 aromatic rings. The molecule has 4 aliphatic carbocycles. The lowest BCUT2D eigenvalue weighted by molar-refractivity contribution is -0.322. The predicted octanol–water partition coefficient (Wildman–Crippen LogP) is 6.45. The molecule has 11 atom stereocenters. The first kappa shape index (κ1) is 40.6. The van der Waals surface area contributed by atoms with Crippen LogP contribution in [0.25, 0.3) is 0 Å². The topological polar surface area (TPSA) is 164 Å². The largest absolute Gasteiger partial charge is 0.457 e. The van der Waals surface area contributed by atoms with Gasteiger partial charge < -0.3 is 34.1 Å². The van der Waals surface area contributed by atoms with E-state index in [-0.39, 0.29) is 30.3 Å². The van der Waals surface area contributed by atoms with E-state index in [1.54, 1.807) is 82.3 Å². The van der Waals surface area contributed by atoms with Crippen molar-refractivity contribution < 1.29 is 52.8 Å². The SMILES string of the molecule is CC(=O)O[C@@]12CO[C@@H]1C[C@@H]1C[C@@]13C(=O)[C@H](C)C1=C(C)[C@@H](OC(=O)[C@H](C)[C@@H](NC(=O)OC(C)(C)C)c4ccccc4)C[C@@](O)([C@@H](OC(=O)c4ccccc4)[C@H]23)C1(C)C. The molecule has 0 unspecified atom stereocenters. The number of fused-ring (bicyclic) bond motifs is 4. The van der Waals surface area contributed by atoms with Crippen LogP contribution in [-0.2, 0) is 38.1 Å². The highest BCUT2D eigenvalue weighted by Gasteiger charge is 2.83. The van der Waals surface area contributed by atoms with Crippen LogP contribution >= 0.6 is 0 Å². The van der Waals surface area contributed by atoms with Crippen molar-refractivity contribution in [1.29, 1.82) is 0 Å². The summed E-state index contributed by atoms with van der Waals surface area (Å²) >= 11 is 0. The van der Waals surface area contributed by atoms with Crippen molar-refractivity contribution in [2.75, 3.05) is 6.61 Å². The molecule has 0 radical (unpaired) electrons. The lowest BCUT2D eigenvalue weighted by Gasteiger charge is -2.64. The number of nitrogens with one attached hydrogen (secondary N) is 1. The van der Waals surface area contributed by atoms with E-state index in [0.29, 0.717) is 29.6 Å². The Morgan fingerprint density at radius 1 is 0.965 bits per heavy atom. The van der Waals surface area contributed by atoms with Gasteiger partial charge >= 0.3 is 24.0 Å². The number of esters is 3. The molecular formula is C45H55NO11. The van der Waals surface area contributed by atoms with Gasteiger partial charge in [-0.3, -0.25) is 14.4 Å². The number of benzene rings is 2. The summed E-state index contributed by atoms with van der Waals surface area (Å²) < 4.78 is 30.7. The number of aliphatic hydroxyl groups is 1. The molecule has 12 heteroatoms. The number of ether oxygens (including phenoxy) is 5. The number of amides is 1. The van der Waals surface area contributed by atoms with E-state index < -0.39 is 93.7 Å². The molecule has 57 heavy (non-hydrogen) atoms. The zero-order valence-corrected chi connectivity index (χ0v) is 34.3. The molecular weight excluding hydrogens is 730 g/mol. The van der Waals surface area contributed by atoms with Crippen molar-refractivity contribution in [3.8, 4) is 0 Å². The summed E-state index contributed by atoms with van der Waals surface area (Å²) in [6.45, 7) is 15.5. The third kappa shape index (κ3) is 6.56. The second-order valence-electron chi connectivity index (χ2n) is 18.4. The Labute approximate surface area is 334 Å². The van der Waals surface area contributed by atoms with Crippen LogP contribution in [0.3, 0.4) is 0 Å². The van der Waals surface area contributed by atoms with Gasteiger partial charge in [0, 0.05) is 30.1 Å². The molecule has 4 fully saturated rings. The maximum atomic E-state index is 15.2. The molecule has 0 aromatic heterocycles. The molecule has 2 bridgehead atoms. The molecule has 3 saturated carbocycles. The Hall–Kier alpha value is -4.55. The lowest BCUT2D eigenvalue weighted by atomic mass is 9.47. The van der Waals surface area contributed by atoms with Crippen molar-refractivity contribution in [3.05, 3.63) is 82.9 Å². The highest BCUT2D eigenvalue weighted by molar-refractivity contribution is 5.94. The molecule has 12 nitrogen and oxygen atoms in total. The second kappa shape index (κ2) is 14.1. The molecule has 1 saturated heterocycles. The standard InChI is InChI=1S/C45H55NO11/c1-24-31(54-38(49)26(3)34(28-16-12-10-13-17-28)46-40(51)57-41(5,6)7)22-45(52)37(55-39(50)29-18-14-11-15-19-29)35-43(36(48)25(2)33(24)42(45,8)9)21-30(43)20-32-44(35,23-53-32)56-27(4)47/h10-19,25-26,30-32,34-35,37,52H,20-23H2,1-9H3,(H,46,51)/t25-,26-,30-,31+,32-,34-,35+,37+,43-,44+,45-/m1/s1. The molecule has 306 valence electrons. The highest BCUT2D eigenvalue weighted by atomic mass is 16.6. The normalized spacial score (nSPS) is 34.6. The van der Waals surface area contributed by atoms with Gasteiger partial charge in [0.05, 0.1) is 30.0 Å². The lowest BCUT2D eigenvalue weighted by Crippen LogP contribution is -2.77. The van der Waals surface area contributed by atoms with Crippen molar-refractivity contribution in [3.63, 3.8) is 0 Å². The van der Waals surface area contributed by atoms with Crippen LogP contribution in [-0.4, -0.2) is 76.6 Å². The molecule has 1 heterocycles. The maximum absolute atomic E-state index is 15.2. The average Bonchev–Trinajstić information content (AvgIpc) is 3.87. The fourth-order valence-corrected chi connectivity index (χ4v) is 10.8. The Balaban J connectivity index is 1.32. The minimum atomic E-state index is -1.96. The Bertz CT molecular complexity index is 1990. The van der Waals surface area contributed by atoms with Crippen LogP contribution in [0.15, 0.2) is 71.8 Å². The van der Waals surface area contributed by atoms with Crippen LogP contribution in [0, 0.1) is 34.5 Å². The van der Waals surface area contributed by atoms with Gasteiger partial charge in [0.2, 0.25) is 0 Å². The van der Waals surface area contributed by atoms with Gasteiger partial charge in [-0.2, -0.15) is 0 Å². The quantitative estimate of drug-likeness (QED) is 0.172. The van der Waals surface area contributed by atoms with E-state index in [1.165, 1.54) is 6.92 Å². The van der Waals surface area contributed by atoms with Gasteiger partial charge in [0.15, 0.2) is 5.60 Å². The van der Waals surface area contributed by atoms with E-state index in [0.717, 1.165) is 0 Å². The highest BCUT2D eigenvalue weighted by Crippen LogP contribution is 2.75. The first-order valence-electron chi connectivity index (χ1n) is 20.0. The van der Waals surface area contributed by atoms with Crippen LogP contribution in [0.1, 0.15) is 104 Å². The number of ketones is 1. The first-order chi connectivity index (χ1) is 26.7. The van der Waals surface area contributed by atoms with Crippen LogP contribution < -0.4 is 5.32 Å². The van der Waals surface area contributed by atoms with Gasteiger partial charge in [-0.15, -0.1) is 0 Å². The second-order valence-corrected chi connectivity index (χ2v) is 18.4. The number of Topliss-reactive ketones (excluding diaryl/α,β-unsaturated/α-hetero) is 1. The molecule has 1 aliphatic heterocycles. The van der Waals surface area contributed by atoms with Crippen molar-refractivity contribution >= 4 is 29.8 Å². The number of carbonyl (C=O) groups is 5. The summed E-state index contributed by atoms with van der Waals surface area (Å²) in [5.74, 6) is -4.83. The van der Waals surface area contributed by atoms with Crippen molar-refractivity contribution in [2.24, 2.45) is 34.5 Å². The Kier molecular flexibility index (Phi) is 10.0. The van der Waals surface area contributed by atoms with Crippen LogP contribution in [0.5, 0.6) is 0 Å². The minimum absolute atomic E-state index is 0.0306. The fourth-order valence-electron chi connectivity index (χ4n) is 10.8. The molecule has 2 aromatic carbocycles. The number of rotatable bonds is 8. The average molecular weight is 786 g/mol. The van der Waals surface area contributed by atoms with Gasteiger partial charge in [-0.05, 0) is 82.2 Å². The molecule has 1 spiro atoms. The number of hydrogen-bond donors (Lipinski definition) is 2. The maximum Gasteiger partial charge on any atom is 0.408 e. The van der Waals surface area contributed by atoms with E-state index >= 15 is 4.79 Å². The number of hydrogen-bond acceptors (Lipinski definition) is 11. The fraction of sp³-hybridized carbons (Fsp3) is 0.578. The predicted molar refractivity (Wildman–Crippen MR) is 206 cm³/mol. The summed E-state index contributed by atoms with van der Waals surface area (Å²) in [6.07, 6.45) is -2.99. The smallest absolute Gasteiger partial charge is 0.408 e. The van der Waals surface area contributed by atoms with E-state index in [2.05, 4.69) is 5.32 Å². The van der Waals surface area contributed by atoms with Gasteiger partial charge in [0.1, 0.15) is 35.3 Å². The van der Waals surface area contributed by atoms with E-state index in [4.69, 9.17) is 23.7 Å². The molecule has 2 N–H and O–H groups in total. The molecule has 1 amide bonds. The van der Waals surface area contributed by atoms with E-state index in [9.17, 15) is 24.3 Å². The minimum Gasteiger partial charge on any atom is -0.457 e. The van der Waals surface area contributed by atoms with Crippen LogP contribution in [0.2, 0.25) is 0 Å². The third-order valence-electron chi connectivity index (χ3n) is 13.5. The number of alkyl carbamates (subject to hydrolysis) is 1. The Morgan fingerprint density at radius 3 is 2.18 bits per heavy atom. The van der Waals surface area contributed by atoms with Crippen molar-refractivity contribution in [2.45, 2.75) is 123 Å². The Morgan fingerprint density at radius 2 is 1.60 bits per heavy atom. The first-order valence-corrected chi connectivity index (χ1v) is 20.0. The summed E-state index contributed by atoms with van der Waals surface area (Å²) in [5, 5.41) is 16.5. The monoisotopic (exact) mass is 785 g/mol. The van der Waals surface area contributed by atoms with Crippen molar-refractivity contribution in [1.82, 2.24) is 5.32 Å².